The smallest absolute Gasteiger partial charge is 0.338 e. The van der Waals surface area contributed by atoms with Gasteiger partial charge in [-0.05, 0) is 50.2 Å². The van der Waals surface area contributed by atoms with Gasteiger partial charge in [0.2, 0.25) is 0 Å². The number of anilines is 3. The van der Waals surface area contributed by atoms with E-state index in [9.17, 15) is 19.7 Å². The Hall–Kier alpha value is -4.99. The molecule has 0 aliphatic heterocycles. The van der Waals surface area contributed by atoms with Crippen molar-refractivity contribution in [2.45, 2.75) is 13.8 Å². The summed E-state index contributed by atoms with van der Waals surface area (Å²) >= 11 is 0. The highest BCUT2D eigenvalue weighted by atomic mass is 16.6. The summed E-state index contributed by atoms with van der Waals surface area (Å²) in [6.45, 7) is 3.02. The number of hydrogen-bond acceptors (Lipinski definition) is 7. The summed E-state index contributed by atoms with van der Waals surface area (Å²) in [6.07, 6.45) is 0. The molecule has 0 aliphatic carbocycles. The Labute approximate surface area is 206 Å². The Bertz CT molecular complexity index is 1420. The molecule has 10 heteroatoms. The Morgan fingerprint density at radius 2 is 1.67 bits per heavy atom. The summed E-state index contributed by atoms with van der Waals surface area (Å²) in [5.41, 5.74) is 3.23. The van der Waals surface area contributed by atoms with Crippen LogP contribution in [0.1, 0.15) is 21.7 Å². The van der Waals surface area contributed by atoms with Crippen LogP contribution in [0, 0.1) is 24.0 Å². The van der Waals surface area contributed by atoms with E-state index in [2.05, 4.69) is 15.7 Å². The van der Waals surface area contributed by atoms with Crippen molar-refractivity contribution < 1.29 is 19.2 Å². The molecule has 1 amide bonds. The van der Waals surface area contributed by atoms with Gasteiger partial charge in [0.15, 0.2) is 6.61 Å². The quantitative estimate of drug-likeness (QED) is 0.206. The molecule has 0 bridgehead atoms. The lowest BCUT2D eigenvalue weighted by Gasteiger charge is -2.10. The maximum Gasteiger partial charge on any atom is 0.338 e. The van der Waals surface area contributed by atoms with Crippen LogP contribution in [0.25, 0.3) is 5.69 Å². The zero-order valence-corrected chi connectivity index (χ0v) is 19.6. The standard InChI is InChI=1S/C26H23N5O5/c1-17-25(18(2)30(29-17)21-11-7-4-8-12-21)28-24(32)16-36-26(33)19-13-14-22(23(15-19)31(34)35)27-20-9-5-3-6-10-20/h3-15,27H,16H2,1-2H3,(H,28,32). The van der Waals surface area contributed by atoms with E-state index in [1.807, 2.05) is 43.3 Å². The lowest BCUT2D eigenvalue weighted by atomic mass is 10.1. The van der Waals surface area contributed by atoms with Gasteiger partial charge in [-0.3, -0.25) is 14.9 Å². The Balaban J connectivity index is 1.42. The van der Waals surface area contributed by atoms with Crippen LogP contribution in [0.2, 0.25) is 0 Å². The number of nitrogens with zero attached hydrogens (tertiary/aromatic N) is 3. The predicted octanol–water partition coefficient (Wildman–Crippen LogP) is 4.94. The van der Waals surface area contributed by atoms with Gasteiger partial charge in [0, 0.05) is 11.8 Å². The highest BCUT2D eigenvalue weighted by Crippen LogP contribution is 2.29. The van der Waals surface area contributed by atoms with Crippen LogP contribution in [-0.2, 0) is 9.53 Å². The first-order chi connectivity index (χ1) is 17.3. The fraction of sp³-hybridized carbons (Fsp3) is 0.115. The molecule has 36 heavy (non-hydrogen) atoms. The maximum atomic E-state index is 12.5. The van der Waals surface area contributed by atoms with Gasteiger partial charge in [0.05, 0.1) is 33.2 Å². The largest absolute Gasteiger partial charge is 0.452 e. The zero-order chi connectivity index (χ0) is 25.7. The van der Waals surface area contributed by atoms with Crippen LogP contribution < -0.4 is 10.6 Å². The normalized spacial score (nSPS) is 10.5. The molecule has 4 rings (SSSR count). The predicted molar refractivity (Wildman–Crippen MR) is 135 cm³/mol. The van der Waals surface area contributed by atoms with Gasteiger partial charge in [0.1, 0.15) is 5.69 Å². The van der Waals surface area contributed by atoms with Crippen molar-refractivity contribution in [3.8, 4) is 5.69 Å². The van der Waals surface area contributed by atoms with Crippen molar-refractivity contribution in [1.82, 2.24) is 9.78 Å². The number of para-hydroxylation sites is 2. The summed E-state index contributed by atoms with van der Waals surface area (Å²) in [5.74, 6) is -1.41. The minimum atomic E-state index is -0.854. The maximum absolute atomic E-state index is 12.5. The molecular formula is C26H23N5O5. The molecule has 3 aromatic carbocycles. The van der Waals surface area contributed by atoms with E-state index in [0.717, 1.165) is 17.4 Å². The number of amides is 1. The molecule has 0 unspecified atom stereocenters. The first-order valence-electron chi connectivity index (χ1n) is 11.0. The van der Waals surface area contributed by atoms with Crippen LogP contribution >= 0.6 is 0 Å². The van der Waals surface area contributed by atoms with E-state index in [1.165, 1.54) is 12.1 Å². The first-order valence-corrected chi connectivity index (χ1v) is 11.0. The number of rotatable bonds is 8. The van der Waals surface area contributed by atoms with Gasteiger partial charge in [-0.2, -0.15) is 5.10 Å². The van der Waals surface area contributed by atoms with Gasteiger partial charge in [0.25, 0.3) is 11.6 Å². The van der Waals surface area contributed by atoms with E-state index in [0.29, 0.717) is 17.1 Å². The molecule has 0 spiro atoms. The number of carbonyl (C=O) groups excluding carboxylic acids is 2. The second kappa shape index (κ2) is 10.5. The first kappa shape index (κ1) is 24.1. The summed E-state index contributed by atoms with van der Waals surface area (Å²) in [6, 6.07) is 22.3. The Morgan fingerprint density at radius 3 is 2.33 bits per heavy atom. The fourth-order valence-electron chi connectivity index (χ4n) is 3.63. The number of nitro benzene ring substituents is 1. The molecule has 4 aromatic rings. The molecule has 2 N–H and O–H groups in total. The number of aryl methyl sites for hydroxylation is 1. The third kappa shape index (κ3) is 5.39. The number of aromatic nitrogens is 2. The summed E-state index contributed by atoms with van der Waals surface area (Å²) in [4.78, 5) is 36.0. The lowest BCUT2D eigenvalue weighted by molar-refractivity contribution is -0.383. The number of carbonyl (C=O) groups is 2. The van der Waals surface area contributed by atoms with Crippen LogP contribution in [0.5, 0.6) is 0 Å². The molecule has 0 radical (unpaired) electrons. The van der Waals surface area contributed by atoms with Crippen molar-refractivity contribution >= 4 is 34.6 Å². The van der Waals surface area contributed by atoms with Crippen LogP contribution in [0.4, 0.5) is 22.7 Å². The Morgan fingerprint density at radius 1 is 1.00 bits per heavy atom. The van der Waals surface area contributed by atoms with Crippen molar-refractivity contribution in [2.75, 3.05) is 17.2 Å². The topological polar surface area (TPSA) is 128 Å². The van der Waals surface area contributed by atoms with E-state index in [-0.39, 0.29) is 16.9 Å². The number of benzene rings is 3. The molecule has 182 valence electrons. The van der Waals surface area contributed by atoms with Crippen LogP contribution in [0.3, 0.4) is 0 Å². The SMILES string of the molecule is Cc1nn(-c2ccccc2)c(C)c1NC(=O)COC(=O)c1ccc(Nc2ccccc2)c([N+](=O)[O-])c1. The van der Waals surface area contributed by atoms with Crippen molar-refractivity contribution in [3.63, 3.8) is 0 Å². The van der Waals surface area contributed by atoms with E-state index < -0.39 is 23.4 Å². The molecule has 1 aromatic heterocycles. The monoisotopic (exact) mass is 485 g/mol. The van der Waals surface area contributed by atoms with Gasteiger partial charge < -0.3 is 15.4 Å². The lowest BCUT2D eigenvalue weighted by Crippen LogP contribution is -2.21. The number of esters is 1. The van der Waals surface area contributed by atoms with Crippen molar-refractivity contribution in [3.05, 3.63) is 106 Å². The minimum Gasteiger partial charge on any atom is -0.452 e. The van der Waals surface area contributed by atoms with Gasteiger partial charge >= 0.3 is 5.97 Å². The number of hydrogen-bond donors (Lipinski definition) is 2. The average molecular weight is 486 g/mol. The number of nitro groups is 1. The third-order valence-corrected chi connectivity index (χ3v) is 5.37. The molecule has 10 nitrogen and oxygen atoms in total. The highest BCUT2D eigenvalue weighted by molar-refractivity contribution is 5.97. The molecule has 0 aliphatic rings. The summed E-state index contributed by atoms with van der Waals surface area (Å²) in [5, 5.41) is 21.7. The minimum absolute atomic E-state index is 0.0441. The van der Waals surface area contributed by atoms with E-state index in [1.54, 1.807) is 35.9 Å². The van der Waals surface area contributed by atoms with Crippen molar-refractivity contribution in [2.24, 2.45) is 0 Å². The van der Waals surface area contributed by atoms with E-state index in [4.69, 9.17) is 4.74 Å². The number of nitrogens with one attached hydrogen (secondary N) is 2. The fourth-order valence-corrected chi connectivity index (χ4v) is 3.63. The molecule has 1 heterocycles. The molecule has 0 saturated heterocycles. The third-order valence-electron chi connectivity index (χ3n) is 5.37. The zero-order valence-electron chi connectivity index (χ0n) is 19.6. The van der Waals surface area contributed by atoms with Crippen LogP contribution in [0.15, 0.2) is 78.9 Å². The van der Waals surface area contributed by atoms with Gasteiger partial charge in [-0.25, -0.2) is 9.48 Å². The second-order valence-electron chi connectivity index (χ2n) is 7.90. The highest BCUT2D eigenvalue weighted by Gasteiger charge is 2.20. The molecular weight excluding hydrogens is 462 g/mol. The van der Waals surface area contributed by atoms with E-state index >= 15 is 0 Å². The molecule has 0 atom stereocenters. The van der Waals surface area contributed by atoms with Gasteiger partial charge in [-0.1, -0.05) is 36.4 Å². The van der Waals surface area contributed by atoms with Crippen LogP contribution in [-0.4, -0.2) is 33.2 Å². The molecule has 0 fully saturated rings. The number of ether oxygens (including phenoxy) is 1. The van der Waals surface area contributed by atoms with Crippen molar-refractivity contribution in [1.29, 1.82) is 0 Å². The summed E-state index contributed by atoms with van der Waals surface area (Å²) in [7, 11) is 0. The van der Waals surface area contributed by atoms with Gasteiger partial charge in [-0.15, -0.1) is 0 Å². The molecule has 0 saturated carbocycles. The summed E-state index contributed by atoms with van der Waals surface area (Å²) < 4.78 is 6.81. The Kier molecular flexibility index (Phi) is 7.05. The second-order valence-corrected chi connectivity index (χ2v) is 7.90. The average Bonchev–Trinajstić information content (AvgIpc) is 3.16.